The lowest BCUT2D eigenvalue weighted by molar-refractivity contribution is -0.124. The Balaban J connectivity index is 1.56. The van der Waals surface area contributed by atoms with Crippen LogP contribution in [0.3, 0.4) is 0 Å². The molecular weight excluding hydrogens is 452 g/mol. The molecule has 9 heteroatoms. The zero-order chi connectivity index (χ0) is 24.5. The minimum Gasteiger partial charge on any atom is -0.358 e. The summed E-state index contributed by atoms with van der Waals surface area (Å²) in [7, 11) is -0.737. The van der Waals surface area contributed by atoms with Gasteiger partial charge in [0.15, 0.2) is 0 Å². The van der Waals surface area contributed by atoms with E-state index < -0.39 is 10.0 Å². The smallest absolute Gasteiger partial charge is 0.250 e. The van der Waals surface area contributed by atoms with E-state index in [1.807, 2.05) is 31.2 Å². The fourth-order valence-electron chi connectivity index (χ4n) is 4.57. The molecule has 0 spiro atoms. The number of amides is 2. The number of sulfonamides is 1. The largest absolute Gasteiger partial charge is 0.358 e. The molecule has 8 nitrogen and oxygen atoms in total. The van der Waals surface area contributed by atoms with Crippen LogP contribution in [-0.4, -0.2) is 64.3 Å². The minimum absolute atomic E-state index is 0.101. The van der Waals surface area contributed by atoms with Gasteiger partial charge in [0, 0.05) is 27.2 Å². The number of hydrogen-bond donors (Lipinski definition) is 1. The summed E-state index contributed by atoms with van der Waals surface area (Å²) in [6.07, 6.45) is 3.34. The Morgan fingerprint density at radius 2 is 1.82 bits per heavy atom. The number of nitrogens with one attached hydrogen (secondary N) is 1. The summed E-state index contributed by atoms with van der Waals surface area (Å²) in [5.41, 5.74) is 3.58. The summed E-state index contributed by atoms with van der Waals surface area (Å²) < 4.78 is 26.6. The van der Waals surface area contributed by atoms with E-state index in [4.69, 9.17) is 0 Å². The monoisotopic (exact) mass is 484 g/mol. The van der Waals surface area contributed by atoms with E-state index in [-0.39, 0.29) is 29.3 Å². The second-order valence-corrected chi connectivity index (χ2v) is 11.3. The molecule has 2 aromatic carbocycles. The van der Waals surface area contributed by atoms with Crippen LogP contribution in [0.2, 0.25) is 0 Å². The highest BCUT2D eigenvalue weighted by molar-refractivity contribution is 7.89. The number of rotatable bonds is 7. The molecule has 2 aliphatic rings. The second-order valence-electron chi connectivity index (χ2n) is 9.15. The number of piperidine rings is 1. The summed E-state index contributed by atoms with van der Waals surface area (Å²) in [5, 5.41) is 2.91. The SMILES string of the molecule is Cc1ccc(CCNC(=O)CN2C(=O)[C@@H]3CCCCN3c3ccc(S(=O)(=O)N(C)C)cc32)cc1. The Hall–Kier alpha value is -2.91. The number of nitrogens with zero attached hydrogens (tertiary/aromatic N) is 3. The molecule has 2 amide bonds. The Morgan fingerprint density at radius 3 is 2.53 bits per heavy atom. The molecule has 1 N–H and O–H groups in total. The molecule has 34 heavy (non-hydrogen) atoms. The summed E-state index contributed by atoms with van der Waals surface area (Å²) in [6, 6.07) is 12.7. The van der Waals surface area contributed by atoms with Crippen molar-refractivity contribution in [3.05, 3.63) is 53.6 Å². The highest BCUT2D eigenvalue weighted by Crippen LogP contribution is 2.40. The highest BCUT2D eigenvalue weighted by Gasteiger charge is 2.40. The van der Waals surface area contributed by atoms with Crippen LogP contribution < -0.4 is 15.1 Å². The summed E-state index contributed by atoms with van der Waals surface area (Å²) >= 11 is 0. The normalized spacial score (nSPS) is 18.0. The number of anilines is 2. The van der Waals surface area contributed by atoms with Gasteiger partial charge in [0.05, 0.1) is 16.3 Å². The summed E-state index contributed by atoms with van der Waals surface area (Å²) in [4.78, 5) is 29.9. The first kappa shape index (κ1) is 24.2. The lowest BCUT2D eigenvalue weighted by atomic mass is 9.96. The van der Waals surface area contributed by atoms with Crippen molar-refractivity contribution in [2.45, 2.75) is 43.5 Å². The van der Waals surface area contributed by atoms with E-state index in [2.05, 4.69) is 10.2 Å². The lowest BCUT2D eigenvalue weighted by Gasteiger charge is -2.45. The van der Waals surface area contributed by atoms with Crippen LogP contribution in [-0.2, 0) is 26.0 Å². The van der Waals surface area contributed by atoms with Crippen LogP contribution >= 0.6 is 0 Å². The maximum absolute atomic E-state index is 13.4. The van der Waals surface area contributed by atoms with Gasteiger partial charge in [-0.3, -0.25) is 14.5 Å². The zero-order valence-electron chi connectivity index (χ0n) is 20.0. The maximum Gasteiger partial charge on any atom is 0.250 e. The van der Waals surface area contributed by atoms with Gasteiger partial charge in [-0.25, -0.2) is 12.7 Å². The molecule has 1 atom stereocenters. The Labute approximate surface area is 201 Å². The number of benzene rings is 2. The molecule has 0 aliphatic carbocycles. The molecule has 1 fully saturated rings. The van der Waals surface area contributed by atoms with Crippen LogP contribution in [0.4, 0.5) is 11.4 Å². The average Bonchev–Trinajstić information content (AvgIpc) is 2.82. The summed E-state index contributed by atoms with van der Waals surface area (Å²) in [6.45, 7) is 3.08. The van der Waals surface area contributed by atoms with Gasteiger partial charge in [0.1, 0.15) is 12.6 Å². The first-order valence-electron chi connectivity index (χ1n) is 11.7. The number of fused-ring (bicyclic) bond motifs is 3. The van der Waals surface area contributed by atoms with Crippen molar-refractivity contribution >= 4 is 33.2 Å². The van der Waals surface area contributed by atoms with Crippen LogP contribution in [0.5, 0.6) is 0 Å². The second kappa shape index (κ2) is 9.76. The predicted octanol–water partition coefficient (Wildman–Crippen LogP) is 2.31. The van der Waals surface area contributed by atoms with Crippen LogP contribution in [0.15, 0.2) is 47.4 Å². The first-order chi connectivity index (χ1) is 16.2. The van der Waals surface area contributed by atoms with E-state index in [1.165, 1.54) is 30.6 Å². The van der Waals surface area contributed by atoms with Crippen LogP contribution in [0, 0.1) is 6.92 Å². The standard InChI is InChI=1S/C25H32N4O4S/c1-18-7-9-19(10-8-18)13-14-26-24(30)17-29-23-16-20(34(32,33)27(2)3)11-12-21(23)28-15-5-4-6-22(28)25(29)31/h7-12,16,22H,4-6,13-15,17H2,1-3H3,(H,26,30)/t22-/m0/s1. The fourth-order valence-corrected chi connectivity index (χ4v) is 5.49. The molecule has 182 valence electrons. The fraction of sp³-hybridized carbons (Fsp3) is 0.440. The van der Waals surface area contributed by atoms with Gasteiger partial charge in [0.2, 0.25) is 21.8 Å². The molecule has 2 heterocycles. The third-order valence-corrected chi connectivity index (χ3v) is 8.35. The van der Waals surface area contributed by atoms with Crippen molar-refractivity contribution in [3.8, 4) is 0 Å². The van der Waals surface area contributed by atoms with E-state index in [0.29, 0.717) is 18.7 Å². The minimum atomic E-state index is -3.68. The lowest BCUT2D eigenvalue weighted by Crippen LogP contribution is -2.57. The molecular formula is C25H32N4O4S. The van der Waals surface area contributed by atoms with Crippen molar-refractivity contribution in [2.75, 3.05) is 43.5 Å². The Bertz CT molecular complexity index is 1180. The van der Waals surface area contributed by atoms with E-state index in [1.54, 1.807) is 12.1 Å². The topological polar surface area (TPSA) is 90.0 Å². The molecule has 2 aromatic rings. The predicted molar refractivity (Wildman–Crippen MR) is 133 cm³/mol. The quantitative estimate of drug-likeness (QED) is 0.651. The van der Waals surface area contributed by atoms with Crippen molar-refractivity contribution in [1.29, 1.82) is 0 Å². The third-order valence-electron chi connectivity index (χ3n) is 6.54. The molecule has 0 radical (unpaired) electrons. The van der Waals surface area contributed by atoms with E-state index in [9.17, 15) is 18.0 Å². The van der Waals surface area contributed by atoms with Gasteiger partial charge in [-0.2, -0.15) is 0 Å². The van der Waals surface area contributed by atoms with Crippen molar-refractivity contribution in [2.24, 2.45) is 0 Å². The molecule has 4 rings (SSSR count). The Kier molecular flexibility index (Phi) is 6.95. The van der Waals surface area contributed by atoms with Gasteiger partial charge in [-0.1, -0.05) is 29.8 Å². The average molecular weight is 485 g/mol. The van der Waals surface area contributed by atoms with Gasteiger partial charge in [-0.15, -0.1) is 0 Å². The van der Waals surface area contributed by atoms with Crippen molar-refractivity contribution in [1.82, 2.24) is 9.62 Å². The third kappa shape index (κ3) is 4.81. The molecule has 0 unspecified atom stereocenters. The summed E-state index contributed by atoms with van der Waals surface area (Å²) in [5.74, 6) is -0.420. The van der Waals surface area contributed by atoms with Gasteiger partial charge < -0.3 is 10.2 Å². The number of aryl methyl sites for hydroxylation is 1. The Morgan fingerprint density at radius 1 is 1.09 bits per heavy atom. The van der Waals surface area contributed by atoms with E-state index >= 15 is 0 Å². The number of carbonyl (C=O) groups excluding carboxylic acids is 2. The number of hydrogen-bond acceptors (Lipinski definition) is 5. The molecule has 2 aliphatic heterocycles. The van der Waals surface area contributed by atoms with Gasteiger partial charge in [0.25, 0.3) is 0 Å². The van der Waals surface area contributed by atoms with Crippen molar-refractivity contribution in [3.63, 3.8) is 0 Å². The maximum atomic E-state index is 13.4. The van der Waals surface area contributed by atoms with Gasteiger partial charge in [-0.05, 0) is 56.4 Å². The molecule has 1 saturated heterocycles. The van der Waals surface area contributed by atoms with Crippen LogP contribution in [0.25, 0.3) is 0 Å². The van der Waals surface area contributed by atoms with E-state index in [0.717, 1.165) is 41.4 Å². The zero-order valence-corrected chi connectivity index (χ0v) is 20.8. The molecule has 0 aromatic heterocycles. The van der Waals surface area contributed by atoms with Crippen molar-refractivity contribution < 1.29 is 18.0 Å². The molecule has 0 saturated carbocycles. The number of carbonyl (C=O) groups is 2. The highest BCUT2D eigenvalue weighted by atomic mass is 32.2. The molecule has 0 bridgehead atoms. The van der Waals surface area contributed by atoms with Gasteiger partial charge >= 0.3 is 0 Å². The first-order valence-corrected chi connectivity index (χ1v) is 13.1. The van der Waals surface area contributed by atoms with Crippen LogP contribution in [0.1, 0.15) is 30.4 Å².